The number of epoxide rings is 4. The lowest BCUT2D eigenvalue weighted by Gasteiger charge is -2.05. The molecule has 0 aromatic carbocycles. The summed E-state index contributed by atoms with van der Waals surface area (Å²) in [6.07, 6.45) is 0.250. The molecule has 0 amide bonds. The van der Waals surface area contributed by atoms with E-state index in [1.54, 1.807) is 0 Å². The number of halogens is 1. The smallest absolute Gasteiger partial charge is 0.222 e. The SMILES string of the molecule is C.C.C.C.C1CO1.CC.CC.CC.CC.CC(C)(C)C.CC(C)(C)C.CC(C)(C)C.CC(C)(C)C.CC1CO1.CC1CO1.FC1CO1. The van der Waals surface area contributed by atoms with Crippen LogP contribution in [0.25, 0.3) is 0 Å². The van der Waals surface area contributed by atoms with Crippen LogP contribution in [0.1, 0.15) is 210 Å². The zero-order chi connectivity index (χ0) is 37.1. The van der Waals surface area contributed by atoms with Gasteiger partial charge in [0.15, 0.2) is 0 Å². The molecule has 0 bridgehead atoms. The summed E-state index contributed by atoms with van der Waals surface area (Å²) in [5.41, 5.74) is 2.00. The van der Waals surface area contributed by atoms with Gasteiger partial charge in [-0.15, -0.1) is 0 Å². The number of ether oxygens (including phenoxy) is 4. The molecule has 0 N–H and O–H groups in total. The summed E-state index contributed by atoms with van der Waals surface area (Å²) in [6, 6.07) is 0. The Hall–Kier alpha value is -0.230. The first-order chi connectivity index (χ1) is 19.2. The first kappa shape index (κ1) is 81.0. The number of hydrogen-bond acceptors (Lipinski definition) is 4. The Bertz CT molecular complexity index is 329. The Morgan fingerprint density at radius 3 is 0.447 bits per heavy atom. The molecule has 5 heteroatoms. The maximum absolute atomic E-state index is 10.9. The summed E-state index contributed by atoms with van der Waals surface area (Å²) in [7, 11) is 0. The van der Waals surface area contributed by atoms with E-state index in [1.165, 1.54) is 0 Å². The topological polar surface area (TPSA) is 50.1 Å². The largest absolute Gasteiger partial charge is 0.377 e. The van der Waals surface area contributed by atoms with Crippen molar-refractivity contribution < 1.29 is 23.3 Å². The average molecular weight is 695 g/mol. The van der Waals surface area contributed by atoms with Gasteiger partial charge in [0, 0.05) is 0 Å². The van der Waals surface area contributed by atoms with Crippen molar-refractivity contribution >= 4 is 0 Å². The molecule has 0 saturated carbocycles. The van der Waals surface area contributed by atoms with E-state index in [4.69, 9.17) is 9.47 Å². The molecule has 4 aliphatic rings. The van der Waals surface area contributed by atoms with E-state index >= 15 is 0 Å². The molecule has 4 heterocycles. The van der Waals surface area contributed by atoms with Crippen molar-refractivity contribution in [3.05, 3.63) is 0 Å². The zero-order valence-corrected chi connectivity index (χ0v) is 35.3. The van der Waals surface area contributed by atoms with Crippen LogP contribution in [0.15, 0.2) is 0 Å². The van der Waals surface area contributed by atoms with Crippen molar-refractivity contribution in [1.29, 1.82) is 0 Å². The van der Waals surface area contributed by atoms with Crippen molar-refractivity contribution in [2.75, 3.05) is 33.0 Å². The highest BCUT2D eigenvalue weighted by Gasteiger charge is 2.19. The van der Waals surface area contributed by atoms with Crippen LogP contribution in [0, 0.1) is 21.7 Å². The predicted molar refractivity (Wildman–Crippen MR) is 225 cm³/mol. The monoisotopic (exact) mass is 695 g/mol. The fourth-order valence-corrected chi connectivity index (χ4v) is 0.229. The van der Waals surface area contributed by atoms with Crippen LogP contribution in [0.4, 0.5) is 4.39 Å². The minimum Gasteiger partial charge on any atom is -0.377 e. The second-order valence-corrected chi connectivity index (χ2v) is 15.6. The maximum Gasteiger partial charge on any atom is 0.222 e. The second kappa shape index (κ2) is 52.6. The average Bonchev–Trinajstić information content (AvgIpc) is 3.62. The summed E-state index contributed by atoms with van der Waals surface area (Å²) < 4.78 is 28.8. The van der Waals surface area contributed by atoms with Gasteiger partial charge < -0.3 is 18.9 Å². The molecular formula is C42H107FO4. The van der Waals surface area contributed by atoms with Crippen LogP contribution in [0.5, 0.6) is 0 Å². The molecule has 4 nitrogen and oxygen atoms in total. The molecule has 0 radical (unpaired) electrons. The van der Waals surface area contributed by atoms with Crippen LogP contribution < -0.4 is 0 Å². The standard InChI is InChI=1S/4C5H12.2C3H6O.C2H3FO.C2H4O.4C2H6.4CH4/c4*1-5(2,3)4;2*1-3-2-4-3;3-2-1-4-2;1-2-3-1;4*1-2;;;;/h4*1-4H3;2*3H,2H2,1H3;2H,1H2;1-2H2;4*1-2H3;4*1H4. The molecule has 4 saturated heterocycles. The third-order valence-corrected chi connectivity index (χ3v) is 1.50. The van der Waals surface area contributed by atoms with Crippen LogP contribution in [-0.2, 0) is 18.9 Å². The van der Waals surface area contributed by atoms with Gasteiger partial charge in [0.2, 0.25) is 6.36 Å². The fourth-order valence-electron chi connectivity index (χ4n) is 0.229. The Labute approximate surface area is 305 Å². The summed E-state index contributed by atoms with van der Waals surface area (Å²) >= 11 is 0. The van der Waals surface area contributed by atoms with E-state index in [0.29, 0.717) is 40.5 Å². The van der Waals surface area contributed by atoms with Gasteiger partial charge in [0.05, 0.1) is 38.6 Å². The summed E-state index contributed by atoms with van der Waals surface area (Å²) in [4.78, 5) is 0. The zero-order valence-electron chi connectivity index (χ0n) is 35.3. The highest BCUT2D eigenvalue weighted by Crippen LogP contribution is 2.10. The van der Waals surface area contributed by atoms with Crippen LogP contribution in [0.2, 0.25) is 0 Å². The number of hydrogen-bond donors (Lipinski definition) is 0. The fraction of sp³-hybridized carbons (Fsp3) is 1.00. The van der Waals surface area contributed by atoms with Gasteiger partial charge in [-0.3, -0.25) is 0 Å². The molecule has 4 aliphatic heterocycles. The third-order valence-electron chi connectivity index (χ3n) is 1.50. The van der Waals surface area contributed by atoms with Gasteiger partial charge >= 0.3 is 0 Å². The maximum atomic E-state index is 10.9. The highest BCUT2D eigenvalue weighted by atomic mass is 19.2. The van der Waals surface area contributed by atoms with Crippen LogP contribution >= 0.6 is 0 Å². The van der Waals surface area contributed by atoms with Crippen molar-refractivity contribution in [2.45, 2.75) is 228 Å². The molecule has 0 aliphatic carbocycles. The van der Waals surface area contributed by atoms with Crippen molar-refractivity contribution in [1.82, 2.24) is 0 Å². The van der Waals surface area contributed by atoms with E-state index in [2.05, 4.69) is 134 Å². The third kappa shape index (κ3) is 919. The molecule has 47 heavy (non-hydrogen) atoms. The van der Waals surface area contributed by atoms with Crippen molar-refractivity contribution in [3.63, 3.8) is 0 Å². The molecule has 0 spiro atoms. The minimum atomic E-state index is -0.917. The molecule has 3 unspecified atom stereocenters. The minimum absolute atomic E-state index is 0. The van der Waals surface area contributed by atoms with E-state index in [0.717, 1.165) is 26.4 Å². The predicted octanol–water partition coefficient (Wildman–Crippen LogP) is 16.0. The Kier molecular flexibility index (Phi) is 90.7. The van der Waals surface area contributed by atoms with Gasteiger partial charge in [0.1, 0.15) is 6.61 Å². The number of rotatable bonds is 0. The van der Waals surface area contributed by atoms with Gasteiger partial charge in [-0.1, -0.05) is 196 Å². The van der Waals surface area contributed by atoms with Gasteiger partial charge in [-0.25, -0.2) is 4.39 Å². The molecule has 4 fully saturated rings. The van der Waals surface area contributed by atoms with E-state index in [9.17, 15) is 4.39 Å². The molecule has 0 aromatic heterocycles. The first-order valence-electron chi connectivity index (χ1n) is 17.2. The first-order valence-corrected chi connectivity index (χ1v) is 17.2. The lowest BCUT2D eigenvalue weighted by molar-refractivity contribution is 0.271. The lowest BCUT2D eigenvalue weighted by atomic mass is 10.0. The van der Waals surface area contributed by atoms with Crippen molar-refractivity contribution in [3.8, 4) is 0 Å². The quantitative estimate of drug-likeness (QED) is 0.237. The molecule has 0 aromatic rings. The Morgan fingerprint density at radius 1 is 0.383 bits per heavy atom. The lowest BCUT2D eigenvalue weighted by Crippen LogP contribution is -1.93. The van der Waals surface area contributed by atoms with E-state index < -0.39 is 6.36 Å². The van der Waals surface area contributed by atoms with Gasteiger partial charge in [-0.2, -0.15) is 0 Å². The van der Waals surface area contributed by atoms with Gasteiger partial charge in [-0.05, 0) is 35.5 Å². The van der Waals surface area contributed by atoms with Crippen molar-refractivity contribution in [2.24, 2.45) is 21.7 Å². The van der Waals surface area contributed by atoms with Crippen LogP contribution in [-0.4, -0.2) is 51.6 Å². The van der Waals surface area contributed by atoms with Crippen LogP contribution in [0.3, 0.4) is 0 Å². The Morgan fingerprint density at radius 2 is 0.447 bits per heavy atom. The normalized spacial score (nSPS) is 17.3. The summed E-state index contributed by atoms with van der Waals surface area (Å²) in [6.45, 7) is 59.4. The molecule has 306 valence electrons. The Balaban J connectivity index is -0.0000000286. The second-order valence-electron chi connectivity index (χ2n) is 15.6. The van der Waals surface area contributed by atoms with E-state index in [1.807, 2.05) is 55.4 Å². The molecule has 4 rings (SSSR count). The summed E-state index contributed by atoms with van der Waals surface area (Å²) in [5.74, 6) is 0. The number of alkyl halides is 1. The highest BCUT2D eigenvalue weighted by molar-refractivity contribution is 4.58. The van der Waals surface area contributed by atoms with Gasteiger partial charge in [0.25, 0.3) is 0 Å². The molecular weight excluding hydrogens is 587 g/mol. The summed E-state index contributed by atoms with van der Waals surface area (Å²) in [5, 5.41) is 0. The van der Waals surface area contributed by atoms with E-state index in [-0.39, 0.29) is 29.7 Å². The molecule has 3 atom stereocenters.